The number of rotatable bonds is 11. The van der Waals surface area contributed by atoms with Crippen molar-refractivity contribution in [2.75, 3.05) is 33.5 Å². The molecule has 0 saturated carbocycles. The van der Waals surface area contributed by atoms with Crippen LogP contribution in [0.4, 0.5) is 4.79 Å². The topological polar surface area (TPSA) is 106 Å². The number of alkyl carbamates (subject to hydrolysis) is 1. The first-order valence-corrected chi connectivity index (χ1v) is 11.7. The van der Waals surface area contributed by atoms with Gasteiger partial charge < -0.3 is 29.4 Å². The zero-order valence-corrected chi connectivity index (χ0v) is 20.7. The highest BCUT2D eigenvalue weighted by molar-refractivity contribution is 9.10. The molecule has 2 N–H and O–H groups in total. The van der Waals surface area contributed by atoms with Gasteiger partial charge in [0.05, 0.1) is 38.3 Å². The summed E-state index contributed by atoms with van der Waals surface area (Å²) in [6, 6.07) is 4.61. The summed E-state index contributed by atoms with van der Waals surface area (Å²) in [5, 5.41) is 2.57. The maximum absolute atomic E-state index is 13.3. The maximum atomic E-state index is 13.3. The van der Waals surface area contributed by atoms with Crippen LogP contribution in [0.15, 0.2) is 54.2 Å². The number of benzene rings is 1. The molecule has 34 heavy (non-hydrogen) atoms. The lowest BCUT2D eigenvalue weighted by atomic mass is 10.1. The molecule has 1 aliphatic rings. The molecule has 182 valence electrons. The standard InChI is InChI=1S/C24H29BrN4O5/c1-4-11-33-15-19(28-24(31)32-3)23(30)29-10-6-7-20(29)22-26-14-18(27-22)17-9-8-16(25)13-21(17)34-12-5-2/h4-5,8-9,13-14,19-20H,1-2,6-7,10-12,15H2,3H3,(H,26,27)(H,28,31)/t19-,20?/m0/s1. The number of aromatic amines is 1. The van der Waals surface area contributed by atoms with Crippen LogP contribution in [0.1, 0.15) is 24.7 Å². The van der Waals surface area contributed by atoms with Gasteiger partial charge in [-0.1, -0.05) is 34.7 Å². The van der Waals surface area contributed by atoms with Crippen molar-refractivity contribution in [3.05, 3.63) is 60.0 Å². The van der Waals surface area contributed by atoms with Crippen LogP contribution in [-0.2, 0) is 14.3 Å². The zero-order chi connectivity index (χ0) is 24.5. The zero-order valence-electron chi connectivity index (χ0n) is 19.1. The number of carbonyl (C=O) groups is 2. The Bertz CT molecular complexity index is 1020. The normalized spacial score (nSPS) is 16.1. The van der Waals surface area contributed by atoms with E-state index >= 15 is 0 Å². The van der Waals surface area contributed by atoms with E-state index in [9.17, 15) is 9.59 Å². The Morgan fingerprint density at radius 1 is 1.35 bits per heavy atom. The van der Waals surface area contributed by atoms with E-state index in [-0.39, 0.29) is 25.2 Å². The first kappa shape index (κ1) is 25.5. The van der Waals surface area contributed by atoms with E-state index in [1.165, 1.54) is 7.11 Å². The molecule has 0 aliphatic carbocycles. The third-order valence-corrected chi connectivity index (χ3v) is 5.83. The van der Waals surface area contributed by atoms with Gasteiger partial charge in [-0.3, -0.25) is 4.79 Å². The number of aromatic nitrogens is 2. The summed E-state index contributed by atoms with van der Waals surface area (Å²) in [6.07, 6.45) is 5.87. The van der Waals surface area contributed by atoms with E-state index in [0.717, 1.165) is 28.6 Å². The second-order valence-electron chi connectivity index (χ2n) is 7.63. The quantitative estimate of drug-likeness (QED) is 0.334. The van der Waals surface area contributed by atoms with Gasteiger partial charge >= 0.3 is 6.09 Å². The number of nitrogens with one attached hydrogen (secondary N) is 2. The molecule has 0 spiro atoms. The summed E-state index contributed by atoms with van der Waals surface area (Å²) in [5.74, 6) is 1.10. The van der Waals surface area contributed by atoms with E-state index in [4.69, 9.17) is 9.47 Å². The maximum Gasteiger partial charge on any atom is 0.407 e. The molecule has 10 heteroatoms. The van der Waals surface area contributed by atoms with Crippen LogP contribution in [0, 0.1) is 0 Å². The average Bonchev–Trinajstić information content (AvgIpc) is 3.51. The molecule has 1 aromatic heterocycles. The minimum atomic E-state index is -0.882. The number of imidazole rings is 1. The van der Waals surface area contributed by atoms with Crippen molar-refractivity contribution in [2.24, 2.45) is 0 Å². The predicted molar refractivity (Wildman–Crippen MR) is 131 cm³/mol. The fourth-order valence-corrected chi connectivity index (χ4v) is 4.13. The summed E-state index contributed by atoms with van der Waals surface area (Å²) in [5.41, 5.74) is 1.63. The summed E-state index contributed by atoms with van der Waals surface area (Å²) in [6.45, 7) is 8.50. The Kier molecular flexibility index (Phi) is 9.29. The van der Waals surface area contributed by atoms with Crippen molar-refractivity contribution in [1.29, 1.82) is 0 Å². The number of nitrogens with zero attached hydrogens (tertiary/aromatic N) is 2. The molecular formula is C24H29BrN4O5. The second-order valence-corrected chi connectivity index (χ2v) is 8.54. The predicted octanol–water partition coefficient (Wildman–Crippen LogP) is 3.99. The highest BCUT2D eigenvalue weighted by Gasteiger charge is 2.36. The lowest BCUT2D eigenvalue weighted by Crippen LogP contribution is -2.50. The van der Waals surface area contributed by atoms with E-state index in [2.05, 4.69) is 49.1 Å². The van der Waals surface area contributed by atoms with Gasteiger partial charge in [0.2, 0.25) is 5.91 Å². The van der Waals surface area contributed by atoms with E-state index < -0.39 is 12.1 Å². The smallest absolute Gasteiger partial charge is 0.407 e. The molecule has 1 fully saturated rings. The van der Waals surface area contributed by atoms with Crippen molar-refractivity contribution in [1.82, 2.24) is 20.2 Å². The number of likely N-dealkylation sites (tertiary alicyclic amines) is 1. The van der Waals surface area contributed by atoms with Crippen molar-refractivity contribution >= 4 is 27.9 Å². The van der Waals surface area contributed by atoms with Gasteiger partial charge in [-0.05, 0) is 31.0 Å². The summed E-state index contributed by atoms with van der Waals surface area (Å²) in [4.78, 5) is 34.8. The Morgan fingerprint density at radius 3 is 2.88 bits per heavy atom. The Hall–Kier alpha value is -3.11. The fourth-order valence-electron chi connectivity index (χ4n) is 3.79. The highest BCUT2D eigenvalue weighted by atomic mass is 79.9. The van der Waals surface area contributed by atoms with Crippen LogP contribution in [0.25, 0.3) is 11.3 Å². The Morgan fingerprint density at radius 2 is 2.15 bits per heavy atom. The summed E-state index contributed by atoms with van der Waals surface area (Å²) >= 11 is 3.47. The Balaban J connectivity index is 1.81. The van der Waals surface area contributed by atoms with Crippen LogP contribution in [0.2, 0.25) is 0 Å². The number of halogens is 1. The van der Waals surface area contributed by atoms with Crippen LogP contribution < -0.4 is 10.1 Å². The third-order valence-electron chi connectivity index (χ3n) is 5.33. The van der Waals surface area contributed by atoms with Gasteiger partial charge in [0.1, 0.15) is 24.2 Å². The number of methoxy groups -OCH3 is 1. The lowest BCUT2D eigenvalue weighted by Gasteiger charge is -2.28. The number of H-pyrrole nitrogens is 1. The minimum Gasteiger partial charge on any atom is -0.489 e. The molecular weight excluding hydrogens is 504 g/mol. The molecule has 2 amide bonds. The molecule has 2 heterocycles. The fraction of sp³-hybridized carbons (Fsp3) is 0.375. The van der Waals surface area contributed by atoms with Gasteiger partial charge in [-0.2, -0.15) is 0 Å². The number of amides is 2. The van der Waals surface area contributed by atoms with Crippen molar-refractivity contribution in [2.45, 2.75) is 24.9 Å². The molecule has 1 aromatic carbocycles. The monoisotopic (exact) mass is 532 g/mol. The van der Waals surface area contributed by atoms with Crippen LogP contribution >= 0.6 is 15.9 Å². The lowest BCUT2D eigenvalue weighted by molar-refractivity contribution is -0.135. The van der Waals surface area contributed by atoms with Gasteiger partial charge in [0.15, 0.2) is 0 Å². The van der Waals surface area contributed by atoms with Crippen molar-refractivity contribution in [3.8, 4) is 17.0 Å². The number of carbonyl (C=O) groups excluding carboxylic acids is 2. The number of ether oxygens (including phenoxy) is 3. The molecule has 3 rings (SSSR count). The minimum absolute atomic E-state index is 0.00940. The van der Waals surface area contributed by atoms with Crippen LogP contribution in [0.5, 0.6) is 5.75 Å². The highest BCUT2D eigenvalue weighted by Crippen LogP contribution is 2.35. The Labute approximate surface area is 207 Å². The van der Waals surface area contributed by atoms with E-state index in [1.54, 1.807) is 23.2 Å². The van der Waals surface area contributed by atoms with Gasteiger partial charge in [0, 0.05) is 16.6 Å². The number of hydrogen-bond donors (Lipinski definition) is 2. The number of hydrogen-bond acceptors (Lipinski definition) is 6. The third kappa shape index (κ3) is 6.27. The van der Waals surface area contributed by atoms with Gasteiger partial charge in [-0.25, -0.2) is 9.78 Å². The molecule has 0 bridgehead atoms. The summed E-state index contributed by atoms with van der Waals surface area (Å²) in [7, 11) is 1.25. The molecule has 2 aromatic rings. The first-order chi connectivity index (χ1) is 16.5. The molecule has 9 nitrogen and oxygen atoms in total. The van der Waals surface area contributed by atoms with Crippen LogP contribution in [-0.4, -0.2) is 66.4 Å². The SMILES string of the molecule is C=CCOC[C@H](NC(=O)OC)C(=O)N1CCCC1c1ncc(-c2ccc(Br)cc2OCC=C)[nH]1. The molecule has 0 radical (unpaired) electrons. The van der Waals surface area contributed by atoms with Crippen molar-refractivity contribution < 1.29 is 23.8 Å². The van der Waals surface area contributed by atoms with Crippen LogP contribution in [0.3, 0.4) is 0 Å². The molecule has 1 aliphatic heterocycles. The van der Waals surface area contributed by atoms with E-state index in [0.29, 0.717) is 24.7 Å². The molecule has 2 atom stereocenters. The van der Waals surface area contributed by atoms with Crippen molar-refractivity contribution in [3.63, 3.8) is 0 Å². The van der Waals surface area contributed by atoms with Gasteiger partial charge in [-0.15, -0.1) is 6.58 Å². The molecule has 1 unspecified atom stereocenters. The van der Waals surface area contributed by atoms with E-state index in [1.807, 2.05) is 18.2 Å². The second kappa shape index (κ2) is 12.4. The largest absolute Gasteiger partial charge is 0.489 e. The average molecular weight is 533 g/mol. The van der Waals surface area contributed by atoms with Gasteiger partial charge in [0.25, 0.3) is 0 Å². The first-order valence-electron chi connectivity index (χ1n) is 10.9. The molecule has 1 saturated heterocycles. The summed E-state index contributed by atoms with van der Waals surface area (Å²) < 4.78 is 16.8.